The van der Waals surface area contributed by atoms with Crippen LogP contribution in [0.1, 0.15) is 28.5 Å². The highest BCUT2D eigenvalue weighted by Gasteiger charge is 2.40. The number of hydrogen-bond donors (Lipinski definition) is 2. The van der Waals surface area contributed by atoms with Gasteiger partial charge in [-0.15, -0.1) is 0 Å². The number of fused-ring (bicyclic) bond motifs is 1. The summed E-state index contributed by atoms with van der Waals surface area (Å²) in [6.07, 6.45) is 4.02. The lowest BCUT2D eigenvalue weighted by atomic mass is 9.86. The third kappa shape index (κ3) is 4.73. The van der Waals surface area contributed by atoms with Gasteiger partial charge in [0.05, 0.1) is 29.5 Å². The first-order valence-electron chi connectivity index (χ1n) is 11.6. The topological polar surface area (TPSA) is 110 Å². The van der Waals surface area contributed by atoms with Gasteiger partial charge in [0.2, 0.25) is 0 Å². The molecule has 0 fully saturated rings. The van der Waals surface area contributed by atoms with Crippen molar-refractivity contribution in [2.24, 2.45) is 0 Å². The quantitative estimate of drug-likeness (QED) is 0.325. The molecule has 0 aliphatic carbocycles. The molecule has 3 heterocycles. The number of aryl methyl sites for hydroxylation is 1. The van der Waals surface area contributed by atoms with Crippen LogP contribution < -0.4 is 5.32 Å². The first-order chi connectivity index (χ1) is 18.2. The Kier molecular flexibility index (Phi) is 6.64. The van der Waals surface area contributed by atoms with Gasteiger partial charge >= 0.3 is 0 Å². The van der Waals surface area contributed by atoms with E-state index in [2.05, 4.69) is 25.5 Å². The number of nitrogens with one attached hydrogen (secondary N) is 1. The Hall–Kier alpha value is -4.22. The molecule has 0 aliphatic heterocycles. The van der Waals surface area contributed by atoms with Gasteiger partial charge in [0, 0.05) is 34.5 Å². The zero-order valence-corrected chi connectivity index (χ0v) is 21.1. The molecule has 0 saturated heterocycles. The molecule has 0 bridgehead atoms. The third-order valence-corrected chi connectivity index (χ3v) is 6.69. The van der Waals surface area contributed by atoms with Crippen LogP contribution in [0.2, 0.25) is 5.02 Å². The lowest BCUT2D eigenvalue weighted by Gasteiger charge is -2.35. The van der Waals surface area contributed by atoms with Gasteiger partial charge in [0.15, 0.2) is 5.65 Å². The maximum absolute atomic E-state index is 14.8. The summed E-state index contributed by atoms with van der Waals surface area (Å²) in [5.74, 6) is -2.31. The molecule has 9 nitrogen and oxygen atoms in total. The number of aromatic nitrogens is 6. The standard InChI is InChI=1S/C26H22ClF2N7O2/c1-15-20(11-31-24-10-23(34-36(15)24)17-3-5-18(27)6-4-17)25(37)33-16(2)26(38,12-35-14-30-13-32-35)21-8-7-19(28)9-22(21)29/h3-11,13-14,16,38H,12H2,1-2H3,(H,33,37)/t16-,26+/m0/s1. The number of carbonyl (C=O) groups excluding carboxylic acids is 1. The van der Waals surface area contributed by atoms with E-state index in [4.69, 9.17) is 11.6 Å². The number of benzene rings is 2. The molecule has 12 heteroatoms. The van der Waals surface area contributed by atoms with Crippen molar-refractivity contribution < 1.29 is 18.7 Å². The van der Waals surface area contributed by atoms with Crippen molar-refractivity contribution in [1.29, 1.82) is 0 Å². The van der Waals surface area contributed by atoms with E-state index in [1.54, 1.807) is 29.6 Å². The van der Waals surface area contributed by atoms with E-state index in [9.17, 15) is 18.7 Å². The van der Waals surface area contributed by atoms with Crippen LogP contribution in [0.3, 0.4) is 0 Å². The lowest BCUT2D eigenvalue weighted by molar-refractivity contribution is -0.0186. The van der Waals surface area contributed by atoms with Crippen LogP contribution in [0.5, 0.6) is 0 Å². The summed E-state index contributed by atoms with van der Waals surface area (Å²) < 4.78 is 31.3. The average Bonchev–Trinajstić information content (AvgIpc) is 3.55. The molecule has 5 aromatic rings. The highest BCUT2D eigenvalue weighted by molar-refractivity contribution is 6.30. The van der Waals surface area contributed by atoms with Crippen molar-refractivity contribution in [1.82, 2.24) is 34.7 Å². The normalized spacial score (nSPS) is 13.8. The number of halogens is 3. The molecule has 38 heavy (non-hydrogen) atoms. The Labute approximate surface area is 220 Å². The molecule has 0 spiro atoms. The smallest absolute Gasteiger partial charge is 0.255 e. The van der Waals surface area contributed by atoms with Gasteiger partial charge in [-0.2, -0.15) is 10.2 Å². The Morgan fingerprint density at radius 1 is 1.18 bits per heavy atom. The summed E-state index contributed by atoms with van der Waals surface area (Å²) in [5.41, 5.74) is 0.529. The van der Waals surface area contributed by atoms with Crippen molar-refractivity contribution in [2.75, 3.05) is 0 Å². The van der Waals surface area contributed by atoms with Crippen molar-refractivity contribution in [3.8, 4) is 11.3 Å². The molecule has 0 aliphatic rings. The van der Waals surface area contributed by atoms with Crippen molar-refractivity contribution in [3.63, 3.8) is 0 Å². The van der Waals surface area contributed by atoms with Crippen LogP contribution in [0.15, 0.2) is 67.4 Å². The Morgan fingerprint density at radius 3 is 2.63 bits per heavy atom. The minimum atomic E-state index is -2.00. The average molecular weight is 538 g/mol. The van der Waals surface area contributed by atoms with Crippen molar-refractivity contribution in [2.45, 2.75) is 32.0 Å². The lowest BCUT2D eigenvalue weighted by Crippen LogP contribution is -2.52. The second-order valence-corrected chi connectivity index (χ2v) is 9.34. The Bertz CT molecular complexity index is 1620. The fraction of sp³-hybridized carbons (Fsp3) is 0.192. The monoisotopic (exact) mass is 537 g/mol. The predicted octanol–water partition coefficient (Wildman–Crippen LogP) is 3.93. The fourth-order valence-electron chi connectivity index (χ4n) is 4.28. The van der Waals surface area contributed by atoms with Gasteiger partial charge in [-0.25, -0.2) is 27.9 Å². The summed E-state index contributed by atoms with van der Waals surface area (Å²) in [4.78, 5) is 21.6. The Morgan fingerprint density at radius 2 is 1.95 bits per heavy atom. The number of aliphatic hydroxyl groups is 1. The van der Waals surface area contributed by atoms with Gasteiger partial charge in [0.25, 0.3) is 5.91 Å². The molecule has 5 rings (SSSR count). The molecule has 0 radical (unpaired) electrons. The zero-order valence-electron chi connectivity index (χ0n) is 20.3. The summed E-state index contributed by atoms with van der Waals surface area (Å²) in [7, 11) is 0. The van der Waals surface area contributed by atoms with E-state index in [1.165, 1.54) is 30.5 Å². The third-order valence-electron chi connectivity index (χ3n) is 6.44. The number of carbonyl (C=O) groups is 1. The highest BCUT2D eigenvalue weighted by atomic mass is 35.5. The summed E-state index contributed by atoms with van der Waals surface area (Å²) in [6, 6.07) is 10.8. The minimum Gasteiger partial charge on any atom is -0.381 e. The van der Waals surface area contributed by atoms with Crippen molar-refractivity contribution in [3.05, 3.63) is 101 Å². The van der Waals surface area contributed by atoms with Gasteiger partial charge in [-0.1, -0.05) is 29.8 Å². The molecule has 2 aromatic carbocycles. The van der Waals surface area contributed by atoms with Gasteiger partial charge < -0.3 is 10.4 Å². The maximum atomic E-state index is 14.8. The minimum absolute atomic E-state index is 0.202. The summed E-state index contributed by atoms with van der Waals surface area (Å²) in [5, 5.41) is 23.6. The maximum Gasteiger partial charge on any atom is 0.255 e. The van der Waals surface area contributed by atoms with E-state index in [-0.39, 0.29) is 17.7 Å². The van der Waals surface area contributed by atoms with E-state index in [1.807, 2.05) is 12.1 Å². The molecule has 3 aromatic heterocycles. The number of nitrogens with zero attached hydrogens (tertiary/aromatic N) is 6. The molecule has 0 saturated carbocycles. The van der Waals surface area contributed by atoms with Gasteiger partial charge in [0.1, 0.15) is 29.9 Å². The molecule has 2 atom stereocenters. The van der Waals surface area contributed by atoms with E-state index < -0.39 is 29.2 Å². The predicted molar refractivity (Wildman–Crippen MR) is 135 cm³/mol. The molecule has 2 N–H and O–H groups in total. The number of amides is 1. The fourth-order valence-corrected chi connectivity index (χ4v) is 4.41. The number of rotatable bonds is 7. The molecular weight excluding hydrogens is 516 g/mol. The van der Waals surface area contributed by atoms with Crippen LogP contribution in [0.4, 0.5) is 8.78 Å². The summed E-state index contributed by atoms with van der Waals surface area (Å²) >= 11 is 5.98. The highest BCUT2D eigenvalue weighted by Crippen LogP contribution is 2.30. The molecular formula is C26H22ClF2N7O2. The van der Waals surface area contributed by atoms with Crippen molar-refractivity contribution >= 4 is 23.2 Å². The van der Waals surface area contributed by atoms with Crippen LogP contribution >= 0.6 is 11.6 Å². The van der Waals surface area contributed by atoms with E-state index in [0.29, 0.717) is 28.1 Å². The van der Waals surface area contributed by atoms with Gasteiger partial charge in [-0.3, -0.25) is 4.79 Å². The van der Waals surface area contributed by atoms with Crippen LogP contribution in [0.25, 0.3) is 16.9 Å². The molecule has 1 amide bonds. The second kappa shape index (κ2) is 9.92. The molecule has 194 valence electrons. The Balaban J connectivity index is 1.46. The van der Waals surface area contributed by atoms with E-state index >= 15 is 0 Å². The van der Waals surface area contributed by atoms with Crippen LogP contribution in [0, 0.1) is 18.6 Å². The van der Waals surface area contributed by atoms with Gasteiger partial charge in [-0.05, 0) is 32.0 Å². The summed E-state index contributed by atoms with van der Waals surface area (Å²) in [6.45, 7) is 2.98. The second-order valence-electron chi connectivity index (χ2n) is 8.90. The molecule has 0 unspecified atom stereocenters. The number of hydrogen-bond acceptors (Lipinski definition) is 6. The zero-order chi connectivity index (χ0) is 27.0. The SMILES string of the molecule is Cc1c(C(=O)N[C@@H](C)[C@](O)(Cn2cncn2)c2ccc(F)cc2F)cnc2cc(-c3ccc(Cl)cc3)nn12. The first-order valence-corrected chi connectivity index (χ1v) is 12.0. The van der Waals surface area contributed by atoms with E-state index in [0.717, 1.165) is 17.7 Å². The van der Waals surface area contributed by atoms with Crippen LogP contribution in [-0.2, 0) is 12.1 Å². The first kappa shape index (κ1) is 25.4. The largest absolute Gasteiger partial charge is 0.381 e. The van der Waals surface area contributed by atoms with Crippen LogP contribution in [-0.4, -0.2) is 46.4 Å².